The number of hydrogen-bond acceptors (Lipinski definition) is 2. The van der Waals surface area contributed by atoms with Crippen molar-refractivity contribution in [1.29, 1.82) is 0 Å². The highest BCUT2D eigenvalue weighted by Crippen LogP contribution is 2.28. The minimum absolute atomic E-state index is 0.665. The van der Waals surface area contributed by atoms with Gasteiger partial charge in [0.1, 0.15) is 0 Å². The quantitative estimate of drug-likeness (QED) is 0.852. The second-order valence-electron chi connectivity index (χ2n) is 4.14. The summed E-state index contributed by atoms with van der Waals surface area (Å²) in [5.74, 6) is -1.81. The SMILES string of the molecule is C[C@@H](C(=O)O)[C@H](O)c1cccc2ccccc12. The molecule has 0 saturated heterocycles. The third-order valence-electron chi connectivity index (χ3n) is 3.01. The predicted octanol–water partition coefficient (Wildman–Crippen LogP) is 2.59. The lowest BCUT2D eigenvalue weighted by atomic mass is 9.93. The van der Waals surface area contributed by atoms with Gasteiger partial charge in [0.05, 0.1) is 12.0 Å². The number of carbonyl (C=O) groups is 1. The van der Waals surface area contributed by atoms with Gasteiger partial charge >= 0.3 is 5.97 Å². The lowest BCUT2D eigenvalue weighted by molar-refractivity contribution is -0.144. The van der Waals surface area contributed by atoms with Gasteiger partial charge in [0.25, 0.3) is 0 Å². The van der Waals surface area contributed by atoms with Crippen molar-refractivity contribution in [2.45, 2.75) is 13.0 Å². The first kappa shape index (κ1) is 11.6. The minimum atomic E-state index is -0.995. The zero-order valence-corrected chi connectivity index (χ0v) is 9.50. The number of fused-ring (bicyclic) bond motifs is 1. The Balaban J connectivity index is 2.52. The molecule has 17 heavy (non-hydrogen) atoms. The number of rotatable bonds is 3. The average molecular weight is 230 g/mol. The Kier molecular flexibility index (Phi) is 3.11. The van der Waals surface area contributed by atoms with Crippen LogP contribution >= 0.6 is 0 Å². The molecule has 2 aromatic carbocycles. The van der Waals surface area contributed by atoms with Gasteiger partial charge in [0, 0.05) is 0 Å². The molecule has 3 heteroatoms. The number of carboxylic acid groups (broad SMARTS) is 1. The van der Waals surface area contributed by atoms with Gasteiger partial charge in [0.2, 0.25) is 0 Å². The molecule has 88 valence electrons. The molecule has 2 rings (SSSR count). The Labute approximate surface area is 99.3 Å². The van der Waals surface area contributed by atoms with Gasteiger partial charge in [-0.25, -0.2) is 0 Å². The van der Waals surface area contributed by atoms with E-state index in [0.717, 1.165) is 10.8 Å². The van der Waals surface area contributed by atoms with E-state index in [0.29, 0.717) is 5.56 Å². The van der Waals surface area contributed by atoms with Crippen molar-refractivity contribution in [3.8, 4) is 0 Å². The number of benzene rings is 2. The number of aliphatic hydroxyl groups excluding tert-OH is 1. The fraction of sp³-hybridized carbons (Fsp3) is 0.214. The molecule has 0 spiro atoms. The molecule has 0 radical (unpaired) electrons. The topological polar surface area (TPSA) is 57.5 Å². The maximum absolute atomic E-state index is 10.9. The fourth-order valence-corrected chi connectivity index (χ4v) is 1.91. The molecule has 0 unspecified atom stereocenters. The van der Waals surface area contributed by atoms with Gasteiger partial charge in [-0.2, -0.15) is 0 Å². The van der Waals surface area contributed by atoms with E-state index in [1.807, 2.05) is 36.4 Å². The van der Waals surface area contributed by atoms with E-state index in [9.17, 15) is 9.90 Å². The molecule has 0 heterocycles. The average Bonchev–Trinajstić information content (AvgIpc) is 2.36. The van der Waals surface area contributed by atoms with Crippen molar-refractivity contribution in [1.82, 2.24) is 0 Å². The normalized spacial score (nSPS) is 14.5. The zero-order valence-electron chi connectivity index (χ0n) is 9.50. The molecular formula is C14H14O3. The first-order valence-corrected chi connectivity index (χ1v) is 5.50. The summed E-state index contributed by atoms with van der Waals surface area (Å²) < 4.78 is 0. The molecule has 0 saturated carbocycles. The summed E-state index contributed by atoms with van der Waals surface area (Å²) in [5, 5.41) is 20.9. The first-order valence-electron chi connectivity index (χ1n) is 5.50. The second-order valence-corrected chi connectivity index (χ2v) is 4.14. The highest BCUT2D eigenvalue weighted by molar-refractivity contribution is 5.86. The molecule has 2 N–H and O–H groups in total. The maximum atomic E-state index is 10.9. The molecule has 2 aromatic rings. The lowest BCUT2D eigenvalue weighted by Crippen LogP contribution is -2.18. The van der Waals surface area contributed by atoms with E-state index >= 15 is 0 Å². The van der Waals surface area contributed by atoms with E-state index in [1.54, 1.807) is 6.07 Å². The third kappa shape index (κ3) is 2.15. The molecule has 0 amide bonds. The highest BCUT2D eigenvalue weighted by Gasteiger charge is 2.23. The van der Waals surface area contributed by atoms with E-state index in [2.05, 4.69) is 0 Å². The van der Waals surface area contributed by atoms with Crippen LogP contribution in [0.2, 0.25) is 0 Å². The Morgan fingerprint density at radius 1 is 1.12 bits per heavy atom. The first-order chi connectivity index (χ1) is 8.11. The molecule has 0 fully saturated rings. The highest BCUT2D eigenvalue weighted by atomic mass is 16.4. The van der Waals surface area contributed by atoms with E-state index in [-0.39, 0.29) is 0 Å². The van der Waals surface area contributed by atoms with Crippen molar-refractivity contribution in [3.63, 3.8) is 0 Å². The van der Waals surface area contributed by atoms with Crippen LogP contribution in [0.15, 0.2) is 42.5 Å². The van der Waals surface area contributed by atoms with E-state index in [4.69, 9.17) is 5.11 Å². The third-order valence-corrected chi connectivity index (χ3v) is 3.01. The zero-order chi connectivity index (χ0) is 12.4. The molecule has 0 aliphatic rings. The van der Waals surface area contributed by atoms with Crippen LogP contribution < -0.4 is 0 Å². The van der Waals surface area contributed by atoms with Gasteiger partial charge in [-0.05, 0) is 23.3 Å². The standard InChI is InChI=1S/C14H14O3/c1-9(14(16)17)13(15)12-8-4-6-10-5-2-3-7-11(10)12/h2-9,13,15H,1H3,(H,16,17)/t9-,13+/m1/s1. The Hall–Kier alpha value is -1.87. The summed E-state index contributed by atoms with van der Waals surface area (Å²) in [6.07, 6.45) is -0.987. The van der Waals surface area contributed by atoms with Crippen LogP contribution in [0.1, 0.15) is 18.6 Å². The van der Waals surface area contributed by atoms with Crippen molar-refractivity contribution >= 4 is 16.7 Å². The molecule has 0 aromatic heterocycles. The summed E-state index contributed by atoms with van der Waals surface area (Å²) in [4.78, 5) is 10.9. The Bertz CT molecular complexity index is 543. The number of aliphatic hydroxyl groups is 1. The molecule has 3 nitrogen and oxygen atoms in total. The van der Waals surface area contributed by atoms with Crippen molar-refractivity contribution in [2.75, 3.05) is 0 Å². The smallest absolute Gasteiger partial charge is 0.309 e. The lowest BCUT2D eigenvalue weighted by Gasteiger charge is -2.17. The summed E-state index contributed by atoms with van der Waals surface area (Å²) in [6, 6.07) is 13.2. The van der Waals surface area contributed by atoms with Crippen LogP contribution in [0.5, 0.6) is 0 Å². The van der Waals surface area contributed by atoms with Crippen molar-refractivity contribution in [2.24, 2.45) is 5.92 Å². The van der Waals surface area contributed by atoms with Gasteiger partial charge in [-0.15, -0.1) is 0 Å². The summed E-state index contributed by atoms with van der Waals surface area (Å²) >= 11 is 0. The molecule has 0 aliphatic heterocycles. The van der Waals surface area contributed by atoms with Gasteiger partial charge in [-0.1, -0.05) is 42.5 Å². The maximum Gasteiger partial charge on any atom is 0.309 e. The van der Waals surface area contributed by atoms with Crippen LogP contribution in [0.25, 0.3) is 10.8 Å². The summed E-state index contributed by atoms with van der Waals surface area (Å²) in [7, 11) is 0. The number of carboxylic acids is 1. The van der Waals surface area contributed by atoms with Crippen molar-refractivity contribution in [3.05, 3.63) is 48.0 Å². The van der Waals surface area contributed by atoms with Gasteiger partial charge in [0.15, 0.2) is 0 Å². The summed E-state index contributed by atoms with van der Waals surface area (Å²) in [6.45, 7) is 1.51. The molecule has 0 aliphatic carbocycles. The summed E-state index contributed by atoms with van der Waals surface area (Å²) in [5.41, 5.74) is 0.665. The van der Waals surface area contributed by atoms with Crippen molar-refractivity contribution < 1.29 is 15.0 Å². The largest absolute Gasteiger partial charge is 0.481 e. The fourth-order valence-electron chi connectivity index (χ4n) is 1.91. The van der Waals surface area contributed by atoms with E-state index in [1.165, 1.54) is 6.92 Å². The van der Waals surface area contributed by atoms with Crippen LogP contribution in [0, 0.1) is 5.92 Å². The number of aliphatic carboxylic acids is 1. The van der Waals surface area contributed by atoms with Crippen LogP contribution in [-0.4, -0.2) is 16.2 Å². The van der Waals surface area contributed by atoms with Crippen LogP contribution in [-0.2, 0) is 4.79 Å². The molecule has 2 atom stereocenters. The number of hydrogen-bond donors (Lipinski definition) is 2. The van der Waals surface area contributed by atoms with Crippen LogP contribution in [0.4, 0.5) is 0 Å². The van der Waals surface area contributed by atoms with E-state index < -0.39 is 18.0 Å². The van der Waals surface area contributed by atoms with Gasteiger partial charge in [-0.3, -0.25) is 4.79 Å². The molecular weight excluding hydrogens is 216 g/mol. The second kappa shape index (κ2) is 4.55. The van der Waals surface area contributed by atoms with Gasteiger partial charge < -0.3 is 10.2 Å². The predicted molar refractivity (Wildman–Crippen MR) is 65.7 cm³/mol. The minimum Gasteiger partial charge on any atom is -0.481 e. The Morgan fingerprint density at radius 3 is 2.47 bits per heavy atom. The molecule has 0 bridgehead atoms. The monoisotopic (exact) mass is 230 g/mol. The Morgan fingerprint density at radius 2 is 1.76 bits per heavy atom. The van der Waals surface area contributed by atoms with Crippen LogP contribution in [0.3, 0.4) is 0 Å².